The zero-order valence-corrected chi connectivity index (χ0v) is 18.5. The average Bonchev–Trinajstić information content (AvgIpc) is 3.56. The van der Waals surface area contributed by atoms with Gasteiger partial charge in [0.25, 0.3) is 5.91 Å². The Bertz CT molecular complexity index is 1280. The van der Waals surface area contributed by atoms with E-state index in [1.54, 1.807) is 37.5 Å². The number of hydrogen-bond acceptors (Lipinski definition) is 6. The number of fused-ring (bicyclic) bond motifs is 1. The number of nitrogens with zero attached hydrogens (tertiary/aromatic N) is 2. The first-order chi connectivity index (χ1) is 15.8. The molecule has 3 amide bonds. The van der Waals surface area contributed by atoms with E-state index in [4.69, 9.17) is 13.9 Å². The number of furan rings is 1. The van der Waals surface area contributed by atoms with Crippen molar-refractivity contribution < 1.29 is 28.3 Å². The van der Waals surface area contributed by atoms with E-state index in [-0.39, 0.29) is 19.1 Å². The van der Waals surface area contributed by atoms with Crippen LogP contribution in [-0.2, 0) is 16.9 Å². The Labute approximate surface area is 189 Å². The van der Waals surface area contributed by atoms with E-state index in [2.05, 4.69) is 5.32 Å². The molecular weight excluding hydrogens is 426 g/mol. The van der Waals surface area contributed by atoms with Gasteiger partial charge in [-0.2, -0.15) is 0 Å². The maximum Gasteiger partial charge on any atom is 0.325 e. The number of benzene rings is 1. The van der Waals surface area contributed by atoms with Crippen LogP contribution in [0.15, 0.2) is 47.1 Å². The monoisotopic (exact) mass is 449 g/mol. The van der Waals surface area contributed by atoms with Crippen LogP contribution in [0.4, 0.5) is 4.79 Å². The molecule has 0 radical (unpaired) electrons. The van der Waals surface area contributed by atoms with Crippen LogP contribution in [0, 0.1) is 13.8 Å². The predicted octanol–water partition coefficient (Wildman–Crippen LogP) is 3.12. The summed E-state index contributed by atoms with van der Waals surface area (Å²) in [6, 6.07) is 9.92. The van der Waals surface area contributed by atoms with Gasteiger partial charge < -0.3 is 23.8 Å². The van der Waals surface area contributed by atoms with Crippen LogP contribution in [0.5, 0.6) is 11.5 Å². The molecule has 2 aliphatic rings. The molecule has 5 rings (SSSR count). The molecule has 1 aromatic carbocycles. The van der Waals surface area contributed by atoms with E-state index in [1.165, 1.54) is 0 Å². The lowest BCUT2D eigenvalue weighted by Crippen LogP contribution is -2.41. The van der Waals surface area contributed by atoms with Crippen molar-refractivity contribution in [3.63, 3.8) is 0 Å². The summed E-state index contributed by atoms with van der Waals surface area (Å²) >= 11 is 0. The molecule has 33 heavy (non-hydrogen) atoms. The van der Waals surface area contributed by atoms with Gasteiger partial charge in [-0.15, -0.1) is 0 Å². The molecule has 0 aliphatic carbocycles. The third-order valence-electron chi connectivity index (χ3n) is 6.29. The summed E-state index contributed by atoms with van der Waals surface area (Å²) in [7, 11) is 0. The standard InChI is InChI=1S/C24H23N3O6/c1-14-9-18(15(2)26(14)11-17-5-4-8-31-17)19(28)12-27-22(29)24(3,25-23(27)30)16-6-7-20-21(10-16)33-13-32-20/h4-10H,11-13H2,1-3H3,(H,25,30)/t24-/m0/s1. The number of carbonyl (C=O) groups excluding carboxylic acids is 3. The van der Waals surface area contributed by atoms with Crippen LogP contribution in [0.1, 0.15) is 40.0 Å². The first kappa shape index (κ1) is 20.9. The lowest BCUT2D eigenvalue weighted by molar-refractivity contribution is -0.130. The van der Waals surface area contributed by atoms with Crippen LogP contribution in [0.2, 0.25) is 0 Å². The van der Waals surface area contributed by atoms with Gasteiger partial charge in [0.05, 0.1) is 19.4 Å². The third kappa shape index (κ3) is 3.36. The molecule has 1 fully saturated rings. The van der Waals surface area contributed by atoms with Gasteiger partial charge in [-0.3, -0.25) is 14.5 Å². The molecule has 2 aromatic heterocycles. The number of aryl methyl sites for hydroxylation is 1. The molecule has 170 valence electrons. The summed E-state index contributed by atoms with van der Waals surface area (Å²) in [6.07, 6.45) is 1.60. The minimum absolute atomic E-state index is 0.106. The number of imide groups is 1. The normalized spacial score (nSPS) is 19.3. The van der Waals surface area contributed by atoms with Gasteiger partial charge >= 0.3 is 6.03 Å². The quantitative estimate of drug-likeness (QED) is 0.458. The van der Waals surface area contributed by atoms with Crippen molar-refractivity contribution in [1.29, 1.82) is 0 Å². The summed E-state index contributed by atoms with van der Waals surface area (Å²) in [5, 5.41) is 2.73. The molecule has 3 aromatic rings. The summed E-state index contributed by atoms with van der Waals surface area (Å²) in [4.78, 5) is 40.1. The van der Waals surface area contributed by atoms with Crippen LogP contribution >= 0.6 is 0 Å². The lowest BCUT2D eigenvalue weighted by atomic mass is 9.91. The molecule has 1 saturated heterocycles. The van der Waals surface area contributed by atoms with Crippen molar-refractivity contribution in [2.45, 2.75) is 32.9 Å². The fraction of sp³-hybridized carbons (Fsp3) is 0.292. The Morgan fingerprint density at radius 3 is 2.67 bits per heavy atom. The van der Waals surface area contributed by atoms with Crippen molar-refractivity contribution in [2.24, 2.45) is 0 Å². The van der Waals surface area contributed by atoms with E-state index in [1.807, 2.05) is 30.5 Å². The van der Waals surface area contributed by atoms with Gasteiger partial charge in [0.1, 0.15) is 11.3 Å². The molecule has 0 spiro atoms. The van der Waals surface area contributed by atoms with E-state index in [0.29, 0.717) is 29.2 Å². The first-order valence-electron chi connectivity index (χ1n) is 10.5. The fourth-order valence-electron chi connectivity index (χ4n) is 4.36. The SMILES string of the molecule is Cc1cc(C(=O)CN2C(=O)N[C@@](C)(c3ccc4c(c3)OCO4)C2=O)c(C)n1Cc1ccco1. The summed E-state index contributed by atoms with van der Waals surface area (Å²) in [6.45, 7) is 5.60. The number of hydrogen-bond donors (Lipinski definition) is 1. The van der Waals surface area contributed by atoms with Crippen LogP contribution in [-0.4, -0.2) is 40.5 Å². The van der Waals surface area contributed by atoms with Gasteiger partial charge in [-0.05, 0) is 56.7 Å². The second kappa shape index (κ2) is 7.54. The van der Waals surface area contributed by atoms with Gasteiger partial charge in [0, 0.05) is 17.0 Å². The lowest BCUT2D eigenvalue weighted by Gasteiger charge is -2.22. The molecule has 9 heteroatoms. The second-order valence-corrected chi connectivity index (χ2v) is 8.39. The maximum atomic E-state index is 13.3. The Balaban J connectivity index is 1.37. The van der Waals surface area contributed by atoms with Crippen molar-refractivity contribution in [3.05, 3.63) is 70.9 Å². The minimum Gasteiger partial charge on any atom is -0.467 e. The molecule has 0 unspecified atom stereocenters. The van der Waals surface area contributed by atoms with Crippen LogP contribution < -0.4 is 14.8 Å². The summed E-state index contributed by atoms with van der Waals surface area (Å²) in [5.41, 5.74) is 1.34. The number of rotatable bonds is 6. The van der Waals surface area contributed by atoms with E-state index >= 15 is 0 Å². The number of urea groups is 1. The molecule has 1 N–H and O–H groups in total. The van der Waals surface area contributed by atoms with Crippen molar-refractivity contribution in [3.8, 4) is 11.5 Å². The highest BCUT2D eigenvalue weighted by Crippen LogP contribution is 2.38. The average molecular weight is 449 g/mol. The number of amides is 3. The van der Waals surface area contributed by atoms with E-state index in [0.717, 1.165) is 22.0 Å². The van der Waals surface area contributed by atoms with Crippen molar-refractivity contribution in [2.75, 3.05) is 13.3 Å². The van der Waals surface area contributed by atoms with Gasteiger partial charge in [-0.1, -0.05) is 6.07 Å². The molecular formula is C24H23N3O6. The van der Waals surface area contributed by atoms with Crippen LogP contribution in [0.25, 0.3) is 0 Å². The maximum absolute atomic E-state index is 13.3. The third-order valence-corrected chi connectivity index (χ3v) is 6.29. The minimum atomic E-state index is -1.31. The fourth-order valence-corrected chi connectivity index (χ4v) is 4.36. The Hall–Kier alpha value is -4.01. The Kier molecular flexibility index (Phi) is 4.77. The van der Waals surface area contributed by atoms with Gasteiger partial charge in [0.2, 0.25) is 6.79 Å². The topological polar surface area (TPSA) is 103 Å². The van der Waals surface area contributed by atoms with Gasteiger partial charge in [-0.25, -0.2) is 4.79 Å². The van der Waals surface area contributed by atoms with Crippen molar-refractivity contribution in [1.82, 2.24) is 14.8 Å². The highest BCUT2D eigenvalue weighted by atomic mass is 16.7. The highest BCUT2D eigenvalue weighted by molar-refractivity contribution is 6.11. The molecule has 9 nitrogen and oxygen atoms in total. The summed E-state index contributed by atoms with van der Waals surface area (Å²) in [5.74, 6) is 1.05. The number of ether oxygens (including phenoxy) is 2. The second-order valence-electron chi connectivity index (χ2n) is 8.39. The van der Waals surface area contributed by atoms with E-state index in [9.17, 15) is 14.4 Å². The number of nitrogens with one attached hydrogen (secondary N) is 1. The molecule has 0 saturated carbocycles. The smallest absolute Gasteiger partial charge is 0.325 e. The predicted molar refractivity (Wildman–Crippen MR) is 116 cm³/mol. The Morgan fingerprint density at radius 2 is 1.91 bits per heavy atom. The van der Waals surface area contributed by atoms with E-state index < -0.39 is 17.5 Å². The van der Waals surface area contributed by atoms with Crippen LogP contribution in [0.3, 0.4) is 0 Å². The highest BCUT2D eigenvalue weighted by Gasteiger charge is 2.50. The molecule has 2 aliphatic heterocycles. The molecule has 0 bridgehead atoms. The zero-order valence-electron chi connectivity index (χ0n) is 18.5. The number of ketones is 1. The van der Waals surface area contributed by atoms with Gasteiger partial charge in [0.15, 0.2) is 17.3 Å². The molecule has 4 heterocycles. The first-order valence-corrected chi connectivity index (χ1v) is 10.5. The number of Topliss-reactive ketones (excluding diaryl/α,β-unsaturated/α-hetero) is 1. The number of carbonyl (C=O) groups is 3. The Morgan fingerprint density at radius 1 is 1.12 bits per heavy atom. The zero-order chi connectivity index (χ0) is 23.3. The number of aromatic nitrogens is 1. The van der Waals surface area contributed by atoms with Crippen molar-refractivity contribution >= 4 is 17.7 Å². The summed E-state index contributed by atoms with van der Waals surface area (Å²) < 4.78 is 18.1. The largest absolute Gasteiger partial charge is 0.467 e. The molecule has 1 atom stereocenters.